The van der Waals surface area contributed by atoms with E-state index < -0.39 is 0 Å². The standard InChI is InChI=1S/C16H21BrN2/c1-19-10-14(17)13-6-5-12(9-15(13)19)16(11-18)7-3-2-4-8-16/h5-6,9-10H,2-4,7-8,11,18H2,1H3. The molecule has 1 heterocycles. The highest BCUT2D eigenvalue weighted by Gasteiger charge is 2.32. The van der Waals surface area contributed by atoms with Gasteiger partial charge in [0.15, 0.2) is 0 Å². The molecule has 2 N–H and O–H groups in total. The first-order valence-electron chi connectivity index (χ1n) is 7.11. The average Bonchev–Trinajstić information content (AvgIpc) is 2.74. The molecular weight excluding hydrogens is 300 g/mol. The van der Waals surface area contributed by atoms with E-state index in [2.05, 4.69) is 51.9 Å². The van der Waals surface area contributed by atoms with Crippen molar-refractivity contribution in [3.8, 4) is 0 Å². The van der Waals surface area contributed by atoms with Crippen molar-refractivity contribution in [1.29, 1.82) is 0 Å². The minimum absolute atomic E-state index is 0.211. The molecule has 0 saturated heterocycles. The normalized spacial score (nSPS) is 18.9. The van der Waals surface area contributed by atoms with E-state index in [-0.39, 0.29) is 5.41 Å². The lowest BCUT2D eigenvalue weighted by Gasteiger charge is -2.37. The molecule has 1 fully saturated rings. The summed E-state index contributed by atoms with van der Waals surface area (Å²) in [6, 6.07) is 6.87. The van der Waals surface area contributed by atoms with Gasteiger partial charge in [0.25, 0.3) is 0 Å². The third kappa shape index (κ3) is 2.13. The van der Waals surface area contributed by atoms with Crippen molar-refractivity contribution in [2.45, 2.75) is 37.5 Å². The second-order valence-corrected chi connectivity index (χ2v) is 6.72. The molecule has 1 saturated carbocycles. The van der Waals surface area contributed by atoms with E-state index in [1.807, 2.05) is 0 Å². The molecular formula is C16H21BrN2. The van der Waals surface area contributed by atoms with Gasteiger partial charge in [-0.25, -0.2) is 0 Å². The van der Waals surface area contributed by atoms with Gasteiger partial charge in [0, 0.05) is 40.6 Å². The number of hydrogen-bond donors (Lipinski definition) is 1. The highest BCUT2D eigenvalue weighted by molar-refractivity contribution is 9.10. The molecule has 0 atom stereocenters. The first-order valence-corrected chi connectivity index (χ1v) is 7.91. The summed E-state index contributed by atoms with van der Waals surface area (Å²) in [5, 5.41) is 1.29. The van der Waals surface area contributed by atoms with Gasteiger partial charge >= 0.3 is 0 Å². The van der Waals surface area contributed by atoms with Gasteiger partial charge in [-0.1, -0.05) is 31.4 Å². The first-order chi connectivity index (χ1) is 9.16. The molecule has 0 spiro atoms. The van der Waals surface area contributed by atoms with Gasteiger partial charge in [-0.2, -0.15) is 0 Å². The van der Waals surface area contributed by atoms with Gasteiger partial charge in [-0.3, -0.25) is 0 Å². The van der Waals surface area contributed by atoms with Crippen LogP contribution in [0, 0.1) is 0 Å². The van der Waals surface area contributed by atoms with Crippen molar-refractivity contribution in [1.82, 2.24) is 4.57 Å². The maximum Gasteiger partial charge on any atom is 0.0492 e. The van der Waals surface area contributed by atoms with Crippen molar-refractivity contribution in [3.63, 3.8) is 0 Å². The van der Waals surface area contributed by atoms with E-state index in [1.165, 1.54) is 53.0 Å². The number of aryl methyl sites for hydroxylation is 1. The van der Waals surface area contributed by atoms with Crippen LogP contribution >= 0.6 is 15.9 Å². The topological polar surface area (TPSA) is 30.9 Å². The molecule has 0 unspecified atom stereocenters. The fraction of sp³-hybridized carbons (Fsp3) is 0.500. The van der Waals surface area contributed by atoms with Crippen molar-refractivity contribution in [2.24, 2.45) is 12.8 Å². The highest BCUT2D eigenvalue weighted by atomic mass is 79.9. The number of nitrogens with zero attached hydrogens (tertiary/aromatic N) is 1. The number of rotatable bonds is 2. The summed E-state index contributed by atoms with van der Waals surface area (Å²) >= 11 is 3.62. The Balaban J connectivity index is 2.11. The maximum absolute atomic E-state index is 6.14. The Kier molecular flexibility index (Phi) is 3.44. The second kappa shape index (κ2) is 4.95. The van der Waals surface area contributed by atoms with Gasteiger partial charge in [-0.15, -0.1) is 0 Å². The minimum Gasteiger partial charge on any atom is -0.349 e. The third-order valence-electron chi connectivity index (χ3n) is 4.76. The number of fused-ring (bicyclic) bond motifs is 1. The van der Waals surface area contributed by atoms with E-state index in [0.29, 0.717) is 0 Å². The van der Waals surface area contributed by atoms with Crippen molar-refractivity contribution in [2.75, 3.05) is 6.54 Å². The molecule has 2 nitrogen and oxygen atoms in total. The maximum atomic E-state index is 6.14. The van der Waals surface area contributed by atoms with Crippen molar-refractivity contribution in [3.05, 3.63) is 34.4 Å². The molecule has 1 aliphatic rings. The molecule has 1 aliphatic carbocycles. The predicted molar refractivity (Wildman–Crippen MR) is 84.4 cm³/mol. The third-order valence-corrected chi connectivity index (χ3v) is 5.39. The lowest BCUT2D eigenvalue weighted by Crippen LogP contribution is -2.37. The average molecular weight is 321 g/mol. The van der Waals surface area contributed by atoms with Crippen LogP contribution in [-0.2, 0) is 12.5 Å². The zero-order valence-corrected chi connectivity index (χ0v) is 13.0. The molecule has 3 heteroatoms. The Bertz CT molecular complexity index is 594. The summed E-state index contributed by atoms with van der Waals surface area (Å²) in [5.74, 6) is 0. The van der Waals surface area contributed by atoms with E-state index >= 15 is 0 Å². The second-order valence-electron chi connectivity index (χ2n) is 5.86. The molecule has 19 heavy (non-hydrogen) atoms. The molecule has 102 valence electrons. The Labute approximate surface area is 123 Å². The Morgan fingerprint density at radius 3 is 2.68 bits per heavy atom. The Morgan fingerprint density at radius 1 is 1.26 bits per heavy atom. The van der Waals surface area contributed by atoms with Gasteiger partial charge in [-0.05, 0) is 40.4 Å². The van der Waals surface area contributed by atoms with Crippen LogP contribution < -0.4 is 5.73 Å². The number of benzene rings is 1. The van der Waals surface area contributed by atoms with E-state index in [1.54, 1.807) is 0 Å². The van der Waals surface area contributed by atoms with Crippen LogP contribution in [0.3, 0.4) is 0 Å². The Morgan fingerprint density at radius 2 is 2.00 bits per heavy atom. The lowest BCUT2D eigenvalue weighted by molar-refractivity contribution is 0.301. The summed E-state index contributed by atoms with van der Waals surface area (Å²) < 4.78 is 3.36. The van der Waals surface area contributed by atoms with Crippen LogP contribution in [0.25, 0.3) is 10.9 Å². The quantitative estimate of drug-likeness (QED) is 0.887. The highest BCUT2D eigenvalue weighted by Crippen LogP contribution is 2.40. The van der Waals surface area contributed by atoms with E-state index in [9.17, 15) is 0 Å². The molecule has 0 bridgehead atoms. The van der Waals surface area contributed by atoms with Crippen LogP contribution in [-0.4, -0.2) is 11.1 Å². The smallest absolute Gasteiger partial charge is 0.0492 e. The van der Waals surface area contributed by atoms with Crippen LogP contribution in [0.4, 0.5) is 0 Å². The summed E-state index contributed by atoms with van der Waals surface area (Å²) in [7, 11) is 2.10. The SMILES string of the molecule is Cn1cc(Br)c2ccc(C3(CN)CCCCC3)cc21. The van der Waals surface area contributed by atoms with Crippen molar-refractivity contribution >= 4 is 26.8 Å². The summed E-state index contributed by atoms with van der Waals surface area (Å²) in [6.07, 6.45) is 8.59. The first kappa shape index (κ1) is 13.2. The molecule has 1 aromatic heterocycles. The fourth-order valence-electron chi connectivity index (χ4n) is 3.50. The largest absolute Gasteiger partial charge is 0.349 e. The van der Waals surface area contributed by atoms with Gasteiger partial charge < -0.3 is 10.3 Å². The summed E-state index contributed by atoms with van der Waals surface area (Å²) in [5.41, 5.74) is 9.07. The monoisotopic (exact) mass is 320 g/mol. The zero-order chi connectivity index (χ0) is 13.5. The lowest BCUT2D eigenvalue weighted by atomic mass is 9.69. The van der Waals surface area contributed by atoms with Crippen LogP contribution in [0.1, 0.15) is 37.7 Å². The summed E-state index contributed by atoms with van der Waals surface area (Å²) in [4.78, 5) is 0. The van der Waals surface area contributed by atoms with Gasteiger partial charge in [0.1, 0.15) is 0 Å². The number of halogens is 1. The van der Waals surface area contributed by atoms with Crippen LogP contribution in [0.5, 0.6) is 0 Å². The number of aromatic nitrogens is 1. The molecule has 0 amide bonds. The zero-order valence-electron chi connectivity index (χ0n) is 11.5. The van der Waals surface area contributed by atoms with Gasteiger partial charge in [0.2, 0.25) is 0 Å². The minimum atomic E-state index is 0.211. The van der Waals surface area contributed by atoms with Gasteiger partial charge in [0.05, 0.1) is 0 Å². The molecule has 0 radical (unpaired) electrons. The predicted octanol–water partition coefficient (Wildman–Crippen LogP) is 4.10. The number of nitrogens with two attached hydrogens (primary N) is 1. The van der Waals surface area contributed by atoms with E-state index in [4.69, 9.17) is 5.73 Å². The fourth-order valence-corrected chi connectivity index (χ4v) is 4.15. The molecule has 1 aromatic carbocycles. The Hall–Kier alpha value is -0.800. The van der Waals surface area contributed by atoms with E-state index in [0.717, 1.165) is 6.54 Å². The van der Waals surface area contributed by atoms with Crippen molar-refractivity contribution < 1.29 is 0 Å². The molecule has 3 rings (SSSR count). The summed E-state index contributed by atoms with van der Waals surface area (Å²) in [6.45, 7) is 0.768. The number of hydrogen-bond acceptors (Lipinski definition) is 1. The molecule has 0 aliphatic heterocycles. The van der Waals surface area contributed by atoms with Crippen LogP contribution in [0.15, 0.2) is 28.9 Å². The molecule has 2 aromatic rings. The van der Waals surface area contributed by atoms with Crippen LogP contribution in [0.2, 0.25) is 0 Å².